The van der Waals surface area contributed by atoms with Crippen molar-refractivity contribution < 1.29 is 14.3 Å². The van der Waals surface area contributed by atoms with Gasteiger partial charge in [-0.15, -0.1) is 5.10 Å². The number of carbonyl (C=O) groups is 2. The van der Waals surface area contributed by atoms with E-state index in [9.17, 15) is 9.59 Å². The van der Waals surface area contributed by atoms with Crippen LogP contribution in [0.1, 0.15) is 49.3 Å². The number of benzene rings is 2. The summed E-state index contributed by atoms with van der Waals surface area (Å²) >= 11 is 0. The third-order valence-electron chi connectivity index (χ3n) is 6.37. The molecule has 1 fully saturated rings. The molecule has 0 saturated carbocycles. The highest BCUT2D eigenvalue weighted by atomic mass is 16.5. The van der Waals surface area contributed by atoms with Gasteiger partial charge in [0.1, 0.15) is 6.10 Å². The zero-order chi connectivity index (χ0) is 22.9. The molecule has 1 aromatic heterocycles. The summed E-state index contributed by atoms with van der Waals surface area (Å²) in [6.07, 6.45) is -0.112. The van der Waals surface area contributed by atoms with Crippen LogP contribution in [-0.2, 0) is 17.9 Å². The highest BCUT2D eigenvalue weighted by Gasteiger charge is 2.32. The summed E-state index contributed by atoms with van der Waals surface area (Å²) in [4.78, 5) is 29.5. The monoisotopic (exact) mass is 445 g/mol. The van der Waals surface area contributed by atoms with Crippen LogP contribution in [0, 0.1) is 13.8 Å². The smallest absolute Gasteiger partial charge is 0.276 e. The average Bonchev–Trinajstić information content (AvgIpc) is 3.27. The Balaban J connectivity index is 1.23. The summed E-state index contributed by atoms with van der Waals surface area (Å²) in [5.41, 5.74) is 5.08. The number of rotatable bonds is 3. The Labute approximate surface area is 192 Å². The van der Waals surface area contributed by atoms with Gasteiger partial charge in [-0.25, -0.2) is 4.68 Å². The van der Waals surface area contributed by atoms with Gasteiger partial charge in [-0.3, -0.25) is 9.59 Å². The summed E-state index contributed by atoms with van der Waals surface area (Å²) in [6.45, 7) is 6.76. The molecule has 0 spiro atoms. The van der Waals surface area contributed by atoms with E-state index in [-0.39, 0.29) is 17.9 Å². The molecule has 0 radical (unpaired) electrons. The molecule has 1 saturated heterocycles. The van der Waals surface area contributed by atoms with Gasteiger partial charge in [0.15, 0.2) is 5.69 Å². The standard InChI is InChI=1S/C25H27N5O3/c1-17-6-8-19(9-7-17)22-15-30-21(16-33-22)23(26-27-30)25(32)29-12-10-28(11-13-29)24(31)20-5-3-4-18(2)14-20/h3-9,14,22H,10-13,15-16H2,1-2H3/t22-/m1/s1. The summed E-state index contributed by atoms with van der Waals surface area (Å²) in [5.74, 6) is -0.154. The largest absolute Gasteiger partial charge is 0.365 e. The van der Waals surface area contributed by atoms with Crippen LogP contribution < -0.4 is 0 Å². The molecule has 3 aromatic rings. The lowest BCUT2D eigenvalue weighted by Crippen LogP contribution is -2.50. The normalized spacial score (nSPS) is 18.2. The quantitative estimate of drug-likeness (QED) is 0.619. The van der Waals surface area contributed by atoms with E-state index in [1.54, 1.807) is 14.5 Å². The van der Waals surface area contributed by atoms with E-state index in [0.29, 0.717) is 56.3 Å². The Morgan fingerprint density at radius 3 is 2.30 bits per heavy atom. The average molecular weight is 446 g/mol. The lowest BCUT2D eigenvalue weighted by molar-refractivity contribution is -0.00203. The van der Waals surface area contributed by atoms with Gasteiger partial charge in [0.05, 0.1) is 18.8 Å². The van der Waals surface area contributed by atoms with E-state index in [4.69, 9.17) is 4.74 Å². The second kappa shape index (κ2) is 8.78. The molecule has 1 atom stereocenters. The Morgan fingerprint density at radius 1 is 0.909 bits per heavy atom. The summed E-state index contributed by atoms with van der Waals surface area (Å²) in [5, 5.41) is 8.42. The first kappa shape index (κ1) is 21.3. The fraction of sp³-hybridized carbons (Fsp3) is 0.360. The summed E-state index contributed by atoms with van der Waals surface area (Å²) in [6, 6.07) is 15.8. The number of carbonyl (C=O) groups excluding carboxylic acids is 2. The molecule has 0 bridgehead atoms. The highest BCUT2D eigenvalue weighted by Crippen LogP contribution is 2.27. The topological polar surface area (TPSA) is 80.6 Å². The van der Waals surface area contributed by atoms with Crippen LogP contribution in [0.25, 0.3) is 0 Å². The lowest BCUT2D eigenvalue weighted by atomic mass is 10.1. The van der Waals surface area contributed by atoms with Gasteiger partial charge >= 0.3 is 0 Å². The van der Waals surface area contributed by atoms with Gasteiger partial charge < -0.3 is 14.5 Å². The van der Waals surface area contributed by atoms with Crippen LogP contribution in [0.5, 0.6) is 0 Å². The Morgan fingerprint density at radius 2 is 1.61 bits per heavy atom. The maximum absolute atomic E-state index is 13.2. The van der Waals surface area contributed by atoms with E-state index in [1.807, 2.05) is 31.2 Å². The van der Waals surface area contributed by atoms with Gasteiger partial charge in [0.25, 0.3) is 11.8 Å². The van der Waals surface area contributed by atoms with E-state index in [1.165, 1.54) is 5.56 Å². The molecule has 0 unspecified atom stereocenters. The van der Waals surface area contributed by atoms with Crippen molar-refractivity contribution in [3.05, 3.63) is 82.2 Å². The van der Waals surface area contributed by atoms with E-state index < -0.39 is 0 Å². The number of hydrogen-bond donors (Lipinski definition) is 0. The molecule has 3 heterocycles. The first-order valence-corrected chi connectivity index (χ1v) is 11.3. The zero-order valence-corrected chi connectivity index (χ0v) is 18.9. The SMILES string of the molecule is Cc1ccc([C@H]2Cn3nnc(C(=O)N4CCN(C(=O)c5cccc(C)c5)CC4)c3CO2)cc1. The molecular formula is C25H27N5O3. The number of aromatic nitrogens is 3. The Kier molecular flexibility index (Phi) is 5.68. The Bertz CT molecular complexity index is 1180. The van der Waals surface area contributed by atoms with Crippen LogP contribution in [0.2, 0.25) is 0 Å². The molecule has 8 heteroatoms. The van der Waals surface area contributed by atoms with Crippen molar-refractivity contribution >= 4 is 11.8 Å². The van der Waals surface area contributed by atoms with Gasteiger partial charge in [-0.05, 0) is 31.5 Å². The fourth-order valence-electron chi connectivity index (χ4n) is 4.38. The molecule has 2 aliphatic heterocycles. The second-order valence-electron chi connectivity index (χ2n) is 8.73. The summed E-state index contributed by atoms with van der Waals surface area (Å²) < 4.78 is 7.83. The molecule has 2 aliphatic rings. The van der Waals surface area contributed by atoms with Crippen LogP contribution in [0.4, 0.5) is 0 Å². The van der Waals surface area contributed by atoms with Gasteiger partial charge in [0.2, 0.25) is 0 Å². The van der Waals surface area contributed by atoms with Gasteiger partial charge in [-0.2, -0.15) is 0 Å². The maximum Gasteiger partial charge on any atom is 0.276 e. The third-order valence-corrected chi connectivity index (χ3v) is 6.37. The molecule has 170 valence electrons. The zero-order valence-electron chi connectivity index (χ0n) is 18.9. The first-order chi connectivity index (χ1) is 16.0. The fourth-order valence-corrected chi connectivity index (χ4v) is 4.38. The first-order valence-electron chi connectivity index (χ1n) is 11.3. The molecule has 2 amide bonds. The highest BCUT2D eigenvalue weighted by molar-refractivity contribution is 5.95. The minimum absolute atomic E-state index is 0.00221. The number of nitrogens with zero attached hydrogens (tertiary/aromatic N) is 5. The Hall–Kier alpha value is -3.52. The van der Waals surface area contributed by atoms with E-state index in [2.05, 4.69) is 41.5 Å². The number of ether oxygens (including phenoxy) is 1. The molecular weight excluding hydrogens is 418 g/mol. The van der Waals surface area contributed by atoms with Crippen molar-refractivity contribution in [1.82, 2.24) is 24.8 Å². The van der Waals surface area contributed by atoms with Crippen LogP contribution in [0.15, 0.2) is 48.5 Å². The number of fused-ring (bicyclic) bond motifs is 1. The lowest BCUT2D eigenvalue weighted by Gasteiger charge is -2.34. The number of piperazine rings is 1. The maximum atomic E-state index is 13.2. The molecule has 33 heavy (non-hydrogen) atoms. The molecule has 0 aliphatic carbocycles. The third kappa shape index (κ3) is 4.26. The number of amides is 2. The summed E-state index contributed by atoms with van der Waals surface area (Å²) in [7, 11) is 0. The predicted molar refractivity (Wildman–Crippen MR) is 122 cm³/mol. The van der Waals surface area contributed by atoms with Crippen molar-refractivity contribution in [1.29, 1.82) is 0 Å². The van der Waals surface area contributed by atoms with Crippen LogP contribution in [0.3, 0.4) is 0 Å². The van der Waals surface area contributed by atoms with Crippen molar-refractivity contribution in [3.63, 3.8) is 0 Å². The minimum atomic E-state index is -0.156. The van der Waals surface area contributed by atoms with Crippen LogP contribution in [-0.4, -0.2) is 62.8 Å². The van der Waals surface area contributed by atoms with Crippen molar-refractivity contribution in [3.8, 4) is 0 Å². The van der Waals surface area contributed by atoms with Crippen LogP contribution >= 0.6 is 0 Å². The van der Waals surface area contributed by atoms with E-state index >= 15 is 0 Å². The number of hydrogen-bond acceptors (Lipinski definition) is 5. The number of aryl methyl sites for hydroxylation is 2. The molecule has 8 nitrogen and oxygen atoms in total. The van der Waals surface area contributed by atoms with E-state index in [0.717, 1.165) is 11.1 Å². The molecule has 5 rings (SSSR count). The van der Waals surface area contributed by atoms with Gasteiger partial charge in [0, 0.05) is 31.7 Å². The van der Waals surface area contributed by atoms with Crippen molar-refractivity contribution in [2.24, 2.45) is 0 Å². The predicted octanol–water partition coefficient (Wildman–Crippen LogP) is 2.76. The van der Waals surface area contributed by atoms with Crippen molar-refractivity contribution in [2.75, 3.05) is 26.2 Å². The van der Waals surface area contributed by atoms with Crippen molar-refractivity contribution in [2.45, 2.75) is 33.1 Å². The molecule has 2 aromatic carbocycles. The minimum Gasteiger partial charge on any atom is -0.365 e. The van der Waals surface area contributed by atoms with Gasteiger partial charge in [-0.1, -0.05) is 52.7 Å². The second-order valence-corrected chi connectivity index (χ2v) is 8.73. The molecule has 0 N–H and O–H groups in total.